The van der Waals surface area contributed by atoms with Gasteiger partial charge in [0.25, 0.3) is 0 Å². The van der Waals surface area contributed by atoms with Crippen molar-refractivity contribution in [3.63, 3.8) is 0 Å². The van der Waals surface area contributed by atoms with Crippen LogP contribution in [0, 0.1) is 17.1 Å². The molecule has 0 aliphatic carbocycles. The summed E-state index contributed by atoms with van der Waals surface area (Å²) in [5.74, 6) is -0.868. The Bertz CT molecular complexity index is 545. The van der Waals surface area contributed by atoms with E-state index in [1.807, 2.05) is 6.07 Å². The molecule has 2 rings (SSSR count). The number of rotatable bonds is 1. The van der Waals surface area contributed by atoms with Crippen LogP contribution in [0.15, 0.2) is 40.0 Å². The van der Waals surface area contributed by atoms with Crippen molar-refractivity contribution in [2.75, 3.05) is 0 Å². The van der Waals surface area contributed by atoms with Crippen LogP contribution >= 0.6 is 11.8 Å². The summed E-state index contributed by atoms with van der Waals surface area (Å²) in [5, 5.41) is 21.7. The maximum Gasteiger partial charge on any atom is 0.131 e. The summed E-state index contributed by atoms with van der Waals surface area (Å²) in [6, 6.07) is 7.66. The lowest BCUT2D eigenvalue weighted by Gasteiger charge is -2.09. The zero-order chi connectivity index (χ0) is 12.4. The first-order valence-corrected chi connectivity index (χ1v) is 5.54. The lowest BCUT2D eigenvalue weighted by molar-refractivity contribution is 0.319. The molecule has 1 aliphatic rings. The Morgan fingerprint density at radius 2 is 2.06 bits per heavy atom. The van der Waals surface area contributed by atoms with E-state index in [1.165, 1.54) is 12.1 Å². The number of nitrogens with two attached hydrogens (primary N) is 1. The van der Waals surface area contributed by atoms with Gasteiger partial charge in [-0.05, 0) is 17.7 Å². The van der Waals surface area contributed by atoms with Crippen molar-refractivity contribution in [1.29, 1.82) is 5.26 Å². The van der Waals surface area contributed by atoms with Gasteiger partial charge in [0.15, 0.2) is 0 Å². The van der Waals surface area contributed by atoms with Gasteiger partial charge in [0, 0.05) is 0 Å². The summed E-state index contributed by atoms with van der Waals surface area (Å²) in [7, 11) is 0. The molecule has 0 radical (unpaired) electrons. The number of nitrogens with zero attached hydrogens (tertiary/aromatic N) is 2. The molecule has 3 N–H and O–H groups in total. The Kier molecular flexibility index (Phi) is 3.02. The second kappa shape index (κ2) is 4.47. The van der Waals surface area contributed by atoms with Crippen molar-refractivity contribution in [2.24, 2.45) is 10.9 Å². The van der Waals surface area contributed by atoms with Crippen LogP contribution < -0.4 is 5.73 Å². The molecular formula is C11H8FN3OS. The third-order valence-electron chi connectivity index (χ3n) is 2.44. The van der Waals surface area contributed by atoms with Gasteiger partial charge in [0.2, 0.25) is 0 Å². The summed E-state index contributed by atoms with van der Waals surface area (Å²) in [6.45, 7) is 0. The highest BCUT2D eigenvalue weighted by Crippen LogP contribution is 2.41. The number of hydrogen-bond donors (Lipinski definition) is 2. The molecule has 4 nitrogen and oxygen atoms in total. The molecular weight excluding hydrogens is 241 g/mol. The average molecular weight is 249 g/mol. The predicted molar refractivity (Wildman–Crippen MR) is 62.8 cm³/mol. The van der Waals surface area contributed by atoms with Gasteiger partial charge in [-0.25, -0.2) is 4.39 Å². The van der Waals surface area contributed by atoms with E-state index in [4.69, 9.17) is 16.2 Å². The third kappa shape index (κ3) is 1.97. The maximum absolute atomic E-state index is 12.8. The van der Waals surface area contributed by atoms with Gasteiger partial charge in [0.1, 0.15) is 10.9 Å². The molecule has 0 amide bonds. The van der Waals surface area contributed by atoms with Gasteiger partial charge >= 0.3 is 0 Å². The number of halogens is 1. The molecule has 6 heteroatoms. The Labute approximate surface area is 101 Å². The van der Waals surface area contributed by atoms with Gasteiger partial charge in [-0.1, -0.05) is 29.1 Å². The van der Waals surface area contributed by atoms with Crippen LogP contribution in [0.2, 0.25) is 0 Å². The van der Waals surface area contributed by atoms with Gasteiger partial charge < -0.3 is 10.9 Å². The van der Waals surface area contributed by atoms with E-state index in [0.29, 0.717) is 21.2 Å². The van der Waals surface area contributed by atoms with Gasteiger partial charge in [-0.15, -0.1) is 0 Å². The van der Waals surface area contributed by atoms with Crippen LogP contribution in [0.5, 0.6) is 0 Å². The molecule has 0 fully saturated rings. The second-order valence-electron chi connectivity index (χ2n) is 3.41. The minimum absolute atomic E-state index is 0.314. The Balaban J connectivity index is 2.49. The van der Waals surface area contributed by atoms with E-state index in [-0.39, 0.29) is 5.82 Å². The Hall–Kier alpha value is -2.00. The fraction of sp³-hybridized carbons (Fsp3) is 0.0909. The van der Waals surface area contributed by atoms with Crippen molar-refractivity contribution >= 4 is 16.8 Å². The lowest BCUT2D eigenvalue weighted by Crippen LogP contribution is -2.07. The number of nitriles is 1. The number of allylic oxidation sites excluding steroid dienone is 1. The normalized spacial score (nSPS) is 21.9. The van der Waals surface area contributed by atoms with Crippen LogP contribution in [0.3, 0.4) is 0 Å². The van der Waals surface area contributed by atoms with Crippen molar-refractivity contribution in [1.82, 2.24) is 0 Å². The molecule has 0 spiro atoms. The molecule has 1 unspecified atom stereocenters. The fourth-order valence-corrected chi connectivity index (χ4v) is 2.57. The molecule has 0 bridgehead atoms. The topological polar surface area (TPSA) is 82.4 Å². The monoisotopic (exact) mass is 249 g/mol. The van der Waals surface area contributed by atoms with Crippen LogP contribution in [0.25, 0.3) is 0 Å². The van der Waals surface area contributed by atoms with Crippen LogP contribution in [0.1, 0.15) is 11.5 Å². The highest BCUT2D eigenvalue weighted by atomic mass is 32.2. The molecule has 86 valence electrons. The maximum atomic E-state index is 12.8. The van der Waals surface area contributed by atoms with E-state index in [9.17, 15) is 4.39 Å². The Morgan fingerprint density at radius 1 is 1.41 bits per heavy atom. The minimum Gasteiger partial charge on any atom is -0.410 e. The molecule has 1 aromatic rings. The first kappa shape index (κ1) is 11.5. The van der Waals surface area contributed by atoms with Gasteiger partial charge in [-0.3, -0.25) is 0 Å². The fourth-order valence-electron chi connectivity index (χ4n) is 1.65. The van der Waals surface area contributed by atoms with Crippen LogP contribution in [0.4, 0.5) is 4.39 Å². The summed E-state index contributed by atoms with van der Waals surface area (Å²) >= 11 is 1.05. The second-order valence-corrected chi connectivity index (χ2v) is 4.48. The zero-order valence-corrected chi connectivity index (χ0v) is 9.41. The highest BCUT2D eigenvalue weighted by molar-refractivity contribution is 8.17. The molecule has 1 aromatic carbocycles. The zero-order valence-electron chi connectivity index (χ0n) is 8.59. The van der Waals surface area contributed by atoms with Crippen molar-refractivity contribution in [2.45, 2.75) is 5.92 Å². The Morgan fingerprint density at radius 3 is 2.59 bits per heavy atom. The number of hydrogen-bond acceptors (Lipinski definition) is 5. The number of benzene rings is 1. The van der Waals surface area contributed by atoms with E-state index in [0.717, 1.165) is 11.8 Å². The quantitative estimate of drug-likeness (QED) is 0.590. The molecule has 1 aliphatic heterocycles. The number of thioether (sulfide) groups is 1. The molecule has 1 atom stereocenters. The summed E-state index contributed by atoms with van der Waals surface area (Å²) in [6.07, 6.45) is 0. The van der Waals surface area contributed by atoms with E-state index in [2.05, 4.69) is 5.16 Å². The van der Waals surface area contributed by atoms with Crippen molar-refractivity contribution in [3.05, 3.63) is 46.2 Å². The molecule has 0 saturated heterocycles. The SMILES string of the molecule is N#CC1=C(N)SC(=NO)C1c1ccc(F)cc1. The lowest BCUT2D eigenvalue weighted by atomic mass is 9.93. The largest absolute Gasteiger partial charge is 0.410 e. The van der Waals surface area contributed by atoms with E-state index in [1.54, 1.807) is 12.1 Å². The number of oxime groups is 1. The first-order valence-electron chi connectivity index (χ1n) is 4.72. The minimum atomic E-state index is -0.504. The summed E-state index contributed by atoms with van der Waals surface area (Å²) in [4.78, 5) is 0. The molecule has 0 saturated carbocycles. The smallest absolute Gasteiger partial charge is 0.131 e. The predicted octanol–water partition coefficient (Wildman–Crippen LogP) is 2.14. The summed E-state index contributed by atoms with van der Waals surface area (Å²) in [5.41, 5.74) is 6.67. The van der Waals surface area contributed by atoms with Crippen molar-refractivity contribution in [3.8, 4) is 6.07 Å². The van der Waals surface area contributed by atoms with Crippen LogP contribution in [-0.2, 0) is 0 Å². The molecule has 17 heavy (non-hydrogen) atoms. The van der Waals surface area contributed by atoms with Crippen LogP contribution in [-0.4, -0.2) is 10.3 Å². The summed E-state index contributed by atoms with van der Waals surface area (Å²) < 4.78 is 12.8. The van der Waals surface area contributed by atoms with Crippen molar-refractivity contribution < 1.29 is 9.60 Å². The van der Waals surface area contributed by atoms with Gasteiger partial charge in [-0.2, -0.15) is 5.26 Å². The third-order valence-corrected chi connectivity index (χ3v) is 3.40. The molecule has 0 aromatic heterocycles. The average Bonchev–Trinajstić information content (AvgIpc) is 2.66. The highest BCUT2D eigenvalue weighted by Gasteiger charge is 2.33. The van der Waals surface area contributed by atoms with E-state index < -0.39 is 5.92 Å². The van der Waals surface area contributed by atoms with Gasteiger partial charge in [0.05, 0.1) is 22.6 Å². The standard InChI is InChI=1S/C11H8FN3OS/c12-7-3-1-6(2-4-7)9-8(5-13)10(14)17-11(9)15-16/h1-4,9,16H,14H2. The van der Waals surface area contributed by atoms with E-state index >= 15 is 0 Å². The molecule has 1 heterocycles. The first-order chi connectivity index (χ1) is 8.17.